The molecule has 0 aliphatic carbocycles. The first-order valence-corrected chi connectivity index (χ1v) is 8.19. The molecule has 0 bridgehead atoms. The summed E-state index contributed by atoms with van der Waals surface area (Å²) in [5, 5.41) is 2.00. The number of hydrogen-bond donors (Lipinski definition) is 0. The van der Waals surface area contributed by atoms with Crippen molar-refractivity contribution in [3.63, 3.8) is 0 Å². The van der Waals surface area contributed by atoms with Gasteiger partial charge in [-0.2, -0.15) is 0 Å². The van der Waals surface area contributed by atoms with E-state index in [2.05, 4.69) is 0 Å². The topological polar surface area (TPSA) is 25.2 Å². The lowest BCUT2D eigenvalue weighted by atomic mass is 10.2. The van der Waals surface area contributed by atoms with Gasteiger partial charge in [-0.15, -0.1) is 11.3 Å². The molecule has 2 heterocycles. The quantitative estimate of drug-likeness (QED) is 0.693. The van der Waals surface area contributed by atoms with E-state index in [4.69, 9.17) is 0 Å². The zero-order chi connectivity index (χ0) is 16.2. The van der Waals surface area contributed by atoms with Crippen LogP contribution in [0.25, 0.3) is 0 Å². The number of aryl methyl sites for hydroxylation is 1. The Morgan fingerprint density at radius 3 is 2.52 bits per heavy atom. The molecule has 0 fully saturated rings. The van der Waals surface area contributed by atoms with Crippen molar-refractivity contribution in [3.05, 3.63) is 82.1 Å². The molecule has 5 heteroatoms. The SMILES string of the molecule is Cn1cccc1CN(Cc1cccs1)C(=O)c1ccc(F)cc1. The minimum absolute atomic E-state index is 0.0976. The van der Waals surface area contributed by atoms with Crippen molar-refractivity contribution in [2.24, 2.45) is 7.05 Å². The smallest absolute Gasteiger partial charge is 0.254 e. The second kappa shape index (κ2) is 6.79. The molecule has 0 N–H and O–H groups in total. The van der Waals surface area contributed by atoms with Crippen molar-refractivity contribution < 1.29 is 9.18 Å². The van der Waals surface area contributed by atoms with E-state index in [1.165, 1.54) is 24.3 Å². The predicted octanol–water partition coefficient (Wildman–Crippen LogP) is 4.07. The number of aromatic nitrogens is 1. The molecule has 0 aliphatic heterocycles. The Bertz CT molecular complexity index is 778. The number of hydrogen-bond acceptors (Lipinski definition) is 2. The highest BCUT2D eigenvalue weighted by Gasteiger charge is 2.18. The average Bonchev–Trinajstić information content (AvgIpc) is 3.19. The van der Waals surface area contributed by atoms with Crippen molar-refractivity contribution in [3.8, 4) is 0 Å². The summed E-state index contributed by atoms with van der Waals surface area (Å²) in [7, 11) is 1.96. The predicted molar refractivity (Wildman–Crippen MR) is 89.7 cm³/mol. The highest BCUT2D eigenvalue weighted by molar-refractivity contribution is 7.09. The molecule has 0 spiro atoms. The molecule has 2 aromatic heterocycles. The van der Waals surface area contributed by atoms with Crippen LogP contribution in [0.5, 0.6) is 0 Å². The molecule has 0 aliphatic rings. The fourth-order valence-electron chi connectivity index (χ4n) is 2.42. The van der Waals surface area contributed by atoms with Crippen LogP contribution in [-0.2, 0) is 20.1 Å². The third-order valence-electron chi connectivity index (χ3n) is 3.71. The summed E-state index contributed by atoms with van der Waals surface area (Å²) < 4.78 is 15.1. The zero-order valence-electron chi connectivity index (χ0n) is 12.8. The van der Waals surface area contributed by atoms with Crippen LogP contribution in [0.2, 0.25) is 0 Å². The number of carbonyl (C=O) groups excluding carboxylic acids is 1. The molecule has 118 valence electrons. The van der Waals surface area contributed by atoms with Crippen LogP contribution in [0.15, 0.2) is 60.1 Å². The van der Waals surface area contributed by atoms with E-state index < -0.39 is 0 Å². The van der Waals surface area contributed by atoms with Crippen LogP contribution in [-0.4, -0.2) is 15.4 Å². The number of amides is 1. The first kappa shape index (κ1) is 15.5. The highest BCUT2D eigenvalue weighted by Crippen LogP contribution is 2.17. The van der Waals surface area contributed by atoms with Crippen LogP contribution < -0.4 is 0 Å². The Balaban J connectivity index is 1.85. The lowest BCUT2D eigenvalue weighted by molar-refractivity contribution is 0.0728. The van der Waals surface area contributed by atoms with E-state index in [1.807, 2.05) is 47.5 Å². The van der Waals surface area contributed by atoms with Gasteiger partial charge < -0.3 is 9.47 Å². The van der Waals surface area contributed by atoms with Gasteiger partial charge in [0.1, 0.15) is 5.82 Å². The largest absolute Gasteiger partial charge is 0.353 e. The fourth-order valence-corrected chi connectivity index (χ4v) is 3.14. The number of halogens is 1. The third-order valence-corrected chi connectivity index (χ3v) is 4.57. The standard InChI is InChI=1S/C18H17FN2OS/c1-20-10-2-4-16(20)12-21(13-17-5-3-11-23-17)18(22)14-6-8-15(19)9-7-14/h2-11H,12-13H2,1H3. The normalized spacial score (nSPS) is 10.7. The number of nitrogens with zero attached hydrogens (tertiary/aromatic N) is 2. The summed E-state index contributed by atoms with van der Waals surface area (Å²) >= 11 is 1.62. The van der Waals surface area contributed by atoms with E-state index in [1.54, 1.807) is 16.2 Å². The Morgan fingerprint density at radius 2 is 1.91 bits per heavy atom. The van der Waals surface area contributed by atoms with E-state index in [0.717, 1.165) is 10.6 Å². The average molecular weight is 328 g/mol. The third kappa shape index (κ3) is 3.68. The number of thiophene rings is 1. The Morgan fingerprint density at radius 1 is 1.13 bits per heavy atom. The molecule has 23 heavy (non-hydrogen) atoms. The summed E-state index contributed by atoms with van der Waals surface area (Å²) in [6.45, 7) is 1.05. The molecule has 1 amide bonds. The molecular weight excluding hydrogens is 311 g/mol. The molecule has 1 aromatic carbocycles. The molecular formula is C18H17FN2OS. The van der Waals surface area contributed by atoms with Crippen molar-refractivity contribution in [2.75, 3.05) is 0 Å². The van der Waals surface area contributed by atoms with Crippen LogP contribution in [0.3, 0.4) is 0 Å². The maximum atomic E-state index is 13.1. The van der Waals surface area contributed by atoms with Gasteiger partial charge in [-0.05, 0) is 47.8 Å². The molecule has 3 nitrogen and oxygen atoms in total. The second-order valence-corrected chi connectivity index (χ2v) is 6.39. The highest BCUT2D eigenvalue weighted by atomic mass is 32.1. The van der Waals surface area contributed by atoms with Crippen LogP contribution in [0, 0.1) is 5.82 Å². The maximum absolute atomic E-state index is 13.1. The summed E-state index contributed by atoms with van der Waals surface area (Å²) in [5.74, 6) is -0.437. The molecule has 3 aromatic rings. The Labute approximate surface area is 138 Å². The fraction of sp³-hybridized carbons (Fsp3) is 0.167. The summed E-state index contributed by atoms with van der Waals surface area (Å²) in [5.41, 5.74) is 1.55. The van der Waals surface area contributed by atoms with Gasteiger partial charge >= 0.3 is 0 Å². The van der Waals surface area contributed by atoms with Crippen LogP contribution in [0.4, 0.5) is 4.39 Å². The van der Waals surface area contributed by atoms with Crippen molar-refractivity contribution in [1.29, 1.82) is 0 Å². The molecule has 0 unspecified atom stereocenters. The monoisotopic (exact) mass is 328 g/mol. The maximum Gasteiger partial charge on any atom is 0.254 e. The molecule has 0 radical (unpaired) electrons. The number of carbonyl (C=O) groups is 1. The van der Waals surface area contributed by atoms with Crippen molar-refractivity contribution in [1.82, 2.24) is 9.47 Å². The summed E-state index contributed by atoms with van der Waals surface area (Å²) in [6.07, 6.45) is 1.96. The van der Waals surface area contributed by atoms with Crippen LogP contribution >= 0.6 is 11.3 Å². The molecule has 0 saturated heterocycles. The van der Waals surface area contributed by atoms with Crippen molar-refractivity contribution >= 4 is 17.2 Å². The summed E-state index contributed by atoms with van der Waals surface area (Å²) in [6, 6.07) is 13.6. The molecule has 3 rings (SSSR count). The first-order valence-electron chi connectivity index (χ1n) is 7.31. The molecule has 0 atom stereocenters. The van der Waals surface area contributed by atoms with Gasteiger partial charge in [0.2, 0.25) is 0 Å². The van der Waals surface area contributed by atoms with Crippen molar-refractivity contribution in [2.45, 2.75) is 13.1 Å². The molecule has 0 saturated carbocycles. The minimum atomic E-state index is -0.339. The van der Waals surface area contributed by atoms with E-state index in [-0.39, 0.29) is 11.7 Å². The van der Waals surface area contributed by atoms with E-state index in [9.17, 15) is 9.18 Å². The number of rotatable bonds is 5. The zero-order valence-corrected chi connectivity index (χ0v) is 13.6. The second-order valence-electron chi connectivity index (χ2n) is 5.36. The van der Waals surface area contributed by atoms with Crippen LogP contribution in [0.1, 0.15) is 20.9 Å². The van der Waals surface area contributed by atoms with Gasteiger partial charge in [0.15, 0.2) is 0 Å². The Hall–Kier alpha value is -2.40. The number of benzene rings is 1. The van der Waals surface area contributed by atoms with Gasteiger partial charge in [-0.1, -0.05) is 6.07 Å². The van der Waals surface area contributed by atoms with E-state index >= 15 is 0 Å². The van der Waals surface area contributed by atoms with Gasteiger partial charge in [0.25, 0.3) is 5.91 Å². The van der Waals surface area contributed by atoms with Gasteiger partial charge in [0.05, 0.1) is 13.1 Å². The lowest BCUT2D eigenvalue weighted by Crippen LogP contribution is -2.30. The lowest BCUT2D eigenvalue weighted by Gasteiger charge is -2.22. The first-order chi connectivity index (χ1) is 11.1. The van der Waals surface area contributed by atoms with Gasteiger partial charge in [-0.25, -0.2) is 4.39 Å². The van der Waals surface area contributed by atoms with Gasteiger partial charge in [-0.3, -0.25) is 4.79 Å². The minimum Gasteiger partial charge on any atom is -0.353 e. The van der Waals surface area contributed by atoms with E-state index in [0.29, 0.717) is 18.7 Å². The summed E-state index contributed by atoms with van der Waals surface area (Å²) in [4.78, 5) is 15.7. The Kier molecular flexibility index (Phi) is 4.57. The van der Waals surface area contributed by atoms with Gasteiger partial charge in [0, 0.05) is 29.4 Å².